The predicted molar refractivity (Wildman–Crippen MR) is 94.5 cm³/mol. The molecule has 0 unspecified atom stereocenters. The van der Waals surface area contributed by atoms with Gasteiger partial charge in [0.1, 0.15) is 0 Å². The molecule has 5 nitrogen and oxygen atoms in total. The van der Waals surface area contributed by atoms with Gasteiger partial charge < -0.3 is 16.4 Å². The highest BCUT2D eigenvalue weighted by Crippen LogP contribution is 2.43. The van der Waals surface area contributed by atoms with Gasteiger partial charge in [-0.25, -0.2) is 0 Å². The second-order valence-corrected chi connectivity index (χ2v) is 6.65. The molecular weight excluding hydrogens is 294 g/mol. The van der Waals surface area contributed by atoms with Crippen molar-refractivity contribution in [3.05, 3.63) is 40.8 Å². The molecule has 0 amide bonds. The molecule has 0 spiro atoms. The van der Waals surface area contributed by atoms with E-state index in [1.54, 1.807) is 11.8 Å². The Kier molecular flexibility index (Phi) is 4.38. The van der Waals surface area contributed by atoms with Crippen LogP contribution in [-0.2, 0) is 0 Å². The maximum Gasteiger partial charge on any atom is 0.185 e. The third-order valence-electron chi connectivity index (χ3n) is 3.86. The van der Waals surface area contributed by atoms with Crippen LogP contribution in [0.2, 0.25) is 0 Å². The molecule has 0 fully saturated rings. The molecule has 2 aliphatic heterocycles. The zero-order valence-electron chi connectivity index (χ0n) is 12.7. The summed E-state index contributed by atoms with van der Waals surface area (Å²) in [6.45, 7) is 3.70. The van der Waals surface area contributed by atoms with Crippen LogP contribution in [0.15, 0.2) is 45.2 Å². The first kappa shape index (κ1) is 15.0. The fourth-order valence-corrected chi connectivity index (χ4v) is 3.97. The average molecular weight is 315 g/mol. The van der Waals surface area contributed by atoms with E-state index in [1.165, 1.54) is 16.2 Å². The molecule has 2 heterocycles. The lowest BCUT2D eigenvalue weighted by molar-refractivity contribution is 0.427. The summed E-state index contributed by atoms with van der Waals surface area (Å²) in [5.41, 5.74) is 13.3. The van der Waals surface area contributed by atoms with Crippen molar-refractivity contribution >= 4 is 28.6 Å². The normalized spacial score (nSPS) is 20.1. The van der Waals surface area contributed by atoms with Crippen molar-refractivity contribution in [2.75, 3.05) is 13.1 Å². The topological polar surface area (TPSA) is 80.0 Å². The zero-order valence-corrected chi connectivity index (χ0v) is 13.5. The van der Waals surface area contributed by atoms with E-state index in [-0.39, 0.29) is 5.96 Å². The number of aliphatic imine (C=N–C) groups is 2. The van der Waals surface area contributed by atoms with Crippen molar-refractivity contribution in [1.29, 1.82) is 0 Å². The van der Waals surface area contributed by atoms with E-state index in [2.05, 4.69) is 41.1 Å². The summed E-state index contributed by atoms with van der Waals surface area (Å²) in [4.78, 5) is 12.5. The van der Waals surface area contributed by atoms with Crippen LogP contribution in [0, 0.1) is 0 Å². The number of allylic oxidation sites excluding steroid dienone is 1. The van der Waals surface area contributed by atoms with Crippen molar-refractivity contribution in [3.63, 3.8) is 0 Å². The lowest BCUT2D eigenvalue weighted by Gasteiger charge is -2.26. The summed E-state index contributed by atoms with van der Waals surface area (Å²) in [5.74, 6) is 0.167. The van der Waals surface area contributed by atoms with Crippen LogP contribution in [0.3, 0.4) is 0 Å². The molecule has 1 atom stereocenters. The van der Waals surface area contributed by atoms with Gasteiger partial charge in [0.2, 0.25) is 0 Å². The minimum Gasteiger partial charge on any atom is -0.370 e. The Balaban J connectivity index is 1.73. The van der Waals surface area contributed by atoms with E-state index in [4.69, 9.17) is 16.5 Å². The molecule has 3 rings (SSSR count). The highest BCUT2D eigenvalue weighted by Gasteiger charge is 2.37. The number of nitrogens with zero attached hydrogens (tertiary/aromatic N) is 3. The van der Waals surface area contributed by atoms with Gasteiger partial charge in [0.15, 0.2) is 11.1 Å². The van der Waals surface area contributed by atoms with Crippen molar-refractivity contribution in [2.24, 2.45) is 21.5 Å². The summed E-state index contributed by atoms with van der Waals surface area (Å²) < 4.78 is 0. The summed E-state index contributed by atoms with van der Waals surface area (Å²) in [6, 6.07) is 10.9. The highest BCUT2D eigenvalue weighted by molar-refractivity contribution is 8.17. The Bertz CT molecular complexity index is 631. The standard InChI is InChI=1S/C16H21N5S/c1-11-14(12-6-3-2-4-7-12)21-13(10-20-16(21)22-11)8-5-9-19-15(17)18/h2-4,6-7,13H,5,8-10H2,1H3,(H4,17,18,19)/t13-/m0/s1. The second kappa shape index (κ2) is 6.44. The lowest BCUT2D eigenvalue weighted by atomic mass is 10.1. The molecule has 0 radical (unpaired) electrons. The maximum absolute atomic E-state index is 5.37. The summed E-state index contributed by atoms with van der Waals surface area (Å²) in [6.07, 6.45) is 2.00. The molecule has 0 bridgehead atoms. The summed E-state index contributed by atoms with van der Waals surface area (Å²) in [5, 5.41) is 1.13. The Labute approximate surface area is 135 Å². The quantitative estimate of drug-likeness (QED) is 0.496. The largest absolute Gasteiger partial charge is 0.370 e. The number of guanidine groups is 1. The average Bonchev–Trinajstić information content (AvgIpc) is 3.02. The molecule has 2 aliphatic rings. The van der Waals surface area contributed by atoms with Gasteiger partial charge in [-0.15, -0.1) is 0 Å². The van der Waals surface area contributed by atoms with Gasteiger partial charge in [-0.2, -0.15) is 0 Å². The molecule has 0 aliphatic carbocycles. The van der Waals surface area contributed by atoms with E-state index in [1.807, 2.05) is 6.07 Å². The van der Waals surface area contributed by atoms with Gasteiger partial charge in [-0.3, -0.25) is 9.98 Å². The minimum absolute atomic E-state index is 0.167. The van der Waals surface area contributed by atoms with Crippen LogP contribution in [-0.4, -0.2) is 35.2 Å². The first-order chi connectivity index (χ1) is 10.7. The molecular formula is C16H21N5S. The van der Waals surface area contributed by atoms with Crippen molar-refractivity contribution in [3.8, 4) is 0 Å². The monoisotopic (exact) mass is 315 g/mol. The van der Waals surface area contributed by atoms with Crippen LogP contribution < -0.4 is 11.5 Å². The van der Waals surface area contributed by atoms with Gasteiger partial charge in [0.05, 0.1) is 18.3 Å². The van der Waals surface area contributed by atoms with E-state index < -0.39 is 0 Å². The van der Waals surface area contributed by atoms with E-state index in [0.29, 0.717) is 12.6 Å². The molecule has 1 aromatic rings. The van der Waals surface area contributed by atoms with Crippen LogP contribution in [0.4, 0.5) is 0 Å². The molecule has 0 aromatic heterocycles. The number of rotatable bonds is 5. The maximum atomic E-state index is 5.37. The smallest absolute Gasteiger partial charge is 0.185 e. The molecule has 1 aromatic carbocycles. The van der Waals surface area contributed by atoms with Crippen molar-refractivity contribution in [1.82, 2.24) is 4.90 Å². The Hall–Kier alpha value is -1.95. The van der Waals surface area contributed by atoms with Gasteiger partial charge in [-0.05, 0) is 25.3 Å². The third-order valence-corrected chi connectivity index (χ3v) is 4.87. The fourth-order valence-electron chi connectivity index (χ4n) is 2.91. The summed E-state index contributed by atoms with van der Waals surface area (Å²) >= 11 is 1.77. The number of thioether (sulfide) groups is 1. The molecule has 116 valence electrons. The van der Waals surface area contributed by atoms with Crippen molar-refractivity contribution in [2.45, 2.75) is 25.8 Å². The SMILES string of the molecule is CC1=C(c2ccccc2)N2C(=NC[C@@H]2CCCN=C(N)N)S1. The van der Waals surface area contributed by atoms with Gasteiger partial charge in [0, 0.05) is 11.4 Å². The minimum atomic E-state index is 0.167. The molecule has 22 heavy (non-hydrogen) atoms. The molecule has 0 saturated carbocycles. The van der Waals surface area contributed by atoms with Gasteiger partial charge in [0.25, 0.3) is 0 Å². The fraction of sp³-hybridized carbons (Fsp3) is 0.375. The van der Waals surface area contributed by atoms with Crippen LogP contribution in [0.5, 0.6) is 0 Å². The van der Waals surface area contributed by atoms with E-state index in [9.17, 15) is 0 Å². The summed E-state index contributed by atoms with van der Waals surface area (Å²) in [7, 11) is 0. The van der Waals surface area contributed by atoms with Gasteiger partial charge >= 0.3 is 0 Å². The van der Waals surface area contributed by atoms with Crippen LogP contribution >= 0.6 is 11.8 Å². The Morgan fingerprint density at radius 3 is 2.86 bits per heavy atom. The van der Waals surface area contributed by atoms with Gasteiger partial charge in [-0.1, -0.05) is 42.1 Å². The predicted octanol–water partition coefficient (Wildman–Crippen LogP) is 2.22. The number of amidine groups is 1. The number of hydrogen-bond donors (Lipinski definition) is 2. The molecule has 6 heteroatoms. The number of benzene rings is 1. The van der Waals surface area contributed by atoms with E-state index >= 15 is 0 Å². The highest BCUT2D eigenvalue weighted by atomic mass is 32.2. The lowest BCUT2D eigenvalue weighted by Crippen LogP contribution is -2.31. The van der Waals surface area contributed by atoms with Crippen LogP contribution in [0.25, 0.3) is 5.70 Å². The number of nitrogens with two attached hydrogens (primary N) is 2. The zero-order chi connectivity index (χ0) is 15.5. The second-order valence-electron chi connectivity index (χ2n) is 5.47. The number of fused-ring (bicyclic) bond motifs is 1. The van der Waals surface area contributed by atoms with E-state index in [0.717, 1.165) is 24.6 Å². The van der Waals surface area contributed by atoms with Crippen LogP contribution in [0.1, 0.15) is 25.3 Å². The third kappa shape index (κ3) is 2.97. The first-order valence-electron chi connectivity index (χ1n) is 7.50. The Morgan fingerprint density at radius 2 is 2.14 bits per heavy atom. The van der Waals surface area contributed by atoms with Crippen molar-refractivity contribution < 1.29 is 0 Å². The molecule has 4 N–H and O–H groups in total. The number of hydrogen-bond acceptors (Lipinski definition) is 4. The Morgan fingerprint density at radius 1 is 1.36 bits per heavy atom. The first-order valence-corrected chi connectivity index (χ1v) is 8.31. The molecule has 0 saturated heterocycles.